The highest BCUT2D eigenvalue weighted by Crippen LogP contribution is 2.40. The van der Waals surface area contributed by atoms with Crippen molar-refractivity contribution in [1.82, 2.24) is 9.80 Å². The van der Waals surface area contributed by atoms with Gasteiger partial charge in [-0.1, -0.05) is 35.9 Å². The summed E-state index contributed by atoms with van der Waals surface area (Å²) >= 11 is 6.45. The van der Waals surface area contributed by atoms with E-state index in [1.807, 2.05) is 54.3 Å². The minimum absolute atomic E-state index is 0.117. The van der Waals surface area contributed by atoms with Crippen LogP contribution in [0, 0.1) is 0 Å². The molecule has 148 valence electrons. The monoisotopic (exact) mass is 398 g/mol. The maximum atomic E-state index is 13.4. The minimum Gasteiger partial charge on any atom is -0.337 e. The van der Waals surface area contributed by atoms with Crippen LogP contribution in [0.3, 0.4) is 0 Å². The highest BCUT2D eigenvalue weighted by atomic mass is 35.5. The number of hydrogen-bond acceptors (Lipinski definition) is 4. The van der Waals surface area contributed by atoms with E-state index in [4.69, 9.17) is 11.6 Å². The van der Waals surface area contributed by atoms with Crippen LogP contribution in [-0.2, 0) is 4.79 Å². The summed E-state index contributed by atoms with van der Waals surface area (Å²) in [6.07, 6.45) is 0. The molecule has 1 amide bonds. The van der Waals surface area contributed by atoms with E-state index in [0.29, 0.717) is 6.54 Å². The van der Waals surface area contributed by atoms with E-state index in [-0.39, 0.29) is 11.9 Å². The molecule has 6 heteroatoms. The number of amides is 1. The van der Waals surface area contributed by atoms with E-state index in [0.717, 1.165) is 54.8 Å². The molecular weight excluding hydrogens is 372 g/mol. The molecule has 2 aromatic rings. The SMILES string of the molecule is CC(C(=O)N1CCN(c2ccccc2Cl)c2ccccc21)N1CCN(C)CC1. The number of nitrogens with zero attached hydrogens (tertiary/aromatic N) is 4. The van der Waals surface area contributed by atoms with Crippen molar-refractivity contribution in [2.24, 2.45) is 0 Å². The van der Waals surface area contributed by atoms with Crippen LogP contribution in [0.25, 0.3) is 0 Å². The molecule has 2 heterocycles. The first kappa shape index (κ1) is 19.2. The van der Waals surface area contributed by atoms with Gasteiger partial charge in [-0.25, -0.2) is 0 Å². The topological polar surface area (TPSA) is 30.0 Å². The molecule has 0 saturated carbocycles. The van der Waals surface area contributed by atoms with Gasteiger partial charge in [-0.15, -0.1) is 0 Å². The van der Waals surface area contributed by atoms with Crippen LogP contribution in [0.15, 0.2) is 48.5 Å². The highest BCUT2D eigenvalue weighted by molar-refractivity contribution is 6.33. The number of hydrogen-bond donors (Lipinski definition) is 0. The van der Waals surface area contributed by atoms with Gasteiger partial charge >= 0.3 is 0 Å². The summed E-state index contributed by atoms with van der Waals surface area (Å²) in [5.74, 6) is 0.177. The number of likely N-dealkylation sites (N-methyl/N-ethyl adjacent to an activating group) is 1. The second-order valence-corrected chi connectivity index (χ2v) is 8.00. The molecular formula is C22H27ClN4O. The largest absolute Gasteiger partial charge is 0.337 e. The van der Waals surface area contributed by atoms with Crippen LogP contribution in [0.4, 0.5) is 17.1 Å². The van der Waals surface area contributed by atoms with Gasteiger partial charge in [0.1, 0.15) is 0 Å². The van der Waals surface area contributed by atoms with Crippen molar-refractivity contribution >= 4 is 34.6 Å². The highest BCUT2D eigenvalue weighted by Gasteiger charge is 2.33. The van der Waals surface area contributed by atoms with Crippen LogP contribution in [-0.4, -0.2) is 68.1 Å². The van der Waals surface area contributed by atoms with Gasteiger partial charge in [-0.05, 0) is 38.2 Å². The molecule has 1 unspecified atom stereocenters. The third-order valence-corrected chi connectivity index (χ3v) is 6.18. The van der Waals surface area contributed by atoms with Gasteiger partial charge in [0, 0.05) is 39.3 Å². The van der Waals surface area contributed by atoms with Crippen LogP contribution in [0.2, 0.25) is 5.02 Å². The summed E-state index contributed by atoms with van der Waals surface area (Å²) in [6.45, 7) is 7.30. The molecule has 0 aromatic heterocycles. The number of benzene rings is 2. The third-order valence-electron chi connectivity index (χ3n) is 5.86. The Hall–Kier alpha value is -2.08. The van der Waals surface area contributed by atoms with E-state index in [1.54, 1.807) is 0 Å². The van der Waals surface area contributed by atoms with Crippen molar-refractivity contribution in [2.75, 3.05) is 56.1 Å². The van der Waals surface area contributed by atoms with Gasteiger partial charge < -0.3 is 14.7 Å². The Morgan fingerprint density at radius 1 is 0.857 bits per heavy atom. The lowest BCUT2D eigenvalue weighted by Crippen LogP contribution is -2.55. The molecule has 5 nitrogen and oxygen atoms in total. The second kappa shape index (κ2) is 8.11. The summed E-state index contributed by atoms with van der Waals surface area (Å²) in [7, 11) is 2.13. The zero-order valence-electron chi connectivity index (χ0n) is 16.5. The van der Waals surface area contributed by atoms with Crippen LogP contribution in [0.5, 0.6) is 0 Å². The Balaban J connectivity index is 1.60. The molecule has 2 aliphatic rings. The molecule has 0 bridgehead atoms. The predicted octanol–water partition coefficient (Wildman–Crippen LogP) is 3.46. The fourth-order valence-corrected chi connectivity index (χ4v) is 4.34. The van der Waals surface area contributed by atoms with Gasteiger partial charge in [-0.3, -0.25) is 9.69 Å². The first-order chi connectivity index (χ1) is 13.6. The predicted molar refractivity (Wildman–Crippen MR) is 116 cm³/mol. The Kier molecular flexibility index (Phi) is 5.58. The van der Waals surface area contributed by atoms with Crippen LogP contribution < -0.4 is 9.80 Å². The minimum atomic E-state index is -0.117. The van der Waals surface area contributed by atoms with Gasteiger partial charge in [-0.2, -0.15) is 0 Å². The molecule has 0 spiro atoms. The van der Waals surface area contributed by atoms with Crippen molar-refractivity contribution in [1.29, 1.82) is 0 Å². The lowest BCUT2D eigenvalue weighted by Gasteiger charge is -2.41. The number of halogens is 1. The van der Waals surface area contributed by atoms with Gasteiger partial charge in [0.25, 0.3) is 0 Å². The number of piperazine rings is 1. The Morgan fingerprint density at radius 2 is 1.46 bits per heavy atom. The Labute approximate surface area is 172 Å². The van der Waals surface area contributed by atoms with E-state index in [2.05, 4.69) is 27.8 Å². The van der Waals surface area contributed by atoms with Gasteiger partial charge in [0.2, 0.25) is 5.91 Å². The van der Waals surface area contributed by atoms with E-state index < -0.39 is 0 Å². The van der Waals surface area contributed by atoms with Crippen LogP contribution >= 0.6 is 11.6 Å². The quantitative estimate of drug-likeness (QED) is 0.792. The number of carbonyl (C=O) groups is 1. The molecule has 1 atom stereocenters. The Morgan fingerprint density at radius 3 is 2.14 bits per heavy atom. The summed E-state index contributed by atoms with van der Waals surface area (Å²) in [5, 5.41) is 0.725. The first-order valence-electron chi connectivity index (χ1n) is 9.91. The molecule has 0 N–H and O–H groups in total. The number of carbonyl (C=O) groups excluding carboxylic acids is 1. The number of fused-ring (bicyclic) bond motifs is 1. The summed E-state index contributed by atoms with van der Waals surface area (Å²) in [5.41, 5.74) is 2.97. The van der Waals surface area contributed by atoms with Crippen molar-refractivity contribution in [2.45, 2.75) is 13.0 Å². The van der Waals surface area contributed by atoms with Crippen molar-refractivity contribution < 1.29 is 4.79 Å². The lowest BCUT2D eigenvalue weighted by atomic mass is 10.1. The number of para-hydroxylation sites is 3. The third kappa shape index (κ3) is 3.62. The zero-order valence-corrected chi connectivity index (χ0v) is 17.3. The zero-order chi connectivity index (χ0) is 19.7. The molecule has 0 aliphatic carbocycles. The normalized spacial score (nSPS) is 19.4. The van der Waals surface area contributed by atoms with Crippen molar-refractivity contribution in [3.05, 3.63) is 53.6 Å². The average Bonchev–Trinajstić information content (AvgIpc) is 2.73. The molecule has 1 fully saturated rings. The van der Waals surface area contributed by atoms with Crippen molar-refractivity contribution in [3.63, 3.8) is 0 Å². The van der Waals surface area contributed by atoms with Crippen molar-refractivity contribution in [3.8, 4) is 0 Å². The first-order valence-corrected chi connectivity index (χ1v) is 10.3. The van der Waals surface area contributed by atoms with Gasteiger partial charge in [0.15, 0.2) is 0 Å². The molecule has 28 heavy (non-hydrogen) atoms. The molecule has 2 aliphatic heterocycles. The van der Waals surface area contributed by atoms with E-state index in [9.17, 15) is 4.79 Å². The molecule has 0 radical (unpaired) electrons. The molecule has 2 aromatic carbocycles. The number of anilines is 3. The smallest absolute Gasteiger partial charge is 0.244 e. The van der Waals surface area contributed by atoms with E-state index in [1.165, 1.54) is 0 Å². The summed E-state index contributed by atoms with van der Waals surface area (Å²) in [4.78, 5) is 22.1. The maximum absolute atomic E-state index is 13.4. The standard InChI is InChI=1S/C22H27ClN4O/c1-17(25-13-11-24(2)12-14-25)22(28)27-16-15-26(19-8-4-3-7-18(19)23)20-9-5-6-10-21(20)27/h3-10,17H,11-16H2,1-2H3. The maximum Gasteiger partial charge on any atom is 0.244 e. The van der Waals surface area contributed by atoms with Gasteiger partial charge in [0.05, 0.1) is 28.1 Å². The van der Waals surface area contributed by atoms with Crippen LogP contribution in [0.1, 0.15) is 6.92 Å². The summed E-state index contributed by atoms with van der Waals surface area (Å²) < 4.78 is 0. The Bertz CT molecular complexity index is 850. The lowest BCUT2D eigenvalue weighted by molar-refractivity contribution is -0.123. The average molecular weight is 399 g/mol. The fourth-order valence-electron chi connectivity index (χ4n) is 4.10. The fraction of sp³-hybridized carbons (Fsp3) is 0.409. The number of rotatable bonds is 3. The second-order valence-electron chi connectivity index (χ2n) is 7.60. The molecule has 1 saturated heterocycles. The van der Waals surface area contributed by atoms with E-state index >= 15 is 0 Å². The molecule has 4 rings (SSSR count). The summed E-state index contributed by atoms with van der Waals surface area (Å²) in [6, 6.07) is 15.9.